The molecule has 0 heterocycles. The maximum absolute atomic E-state index is 10.6. The molecule has 0 saturated heterocycles. The first-order chi connectivity index (χ1) is 15.5. The Morgan fingerprint density at radius 1 is 0.531 bits per heavy atom. The summed E-state index contributed by atoms with van der Waals surface area (Å²) in [4.78, 5) is 0. The highest BCUT2D eigenvalue weighted by molar-refractivity contribution is 6.17. The number of aromatic hydroxyl groups is 2. The Hall–Kier alpha value is -4.18. The predicted octanol–water partition coefficient (Wildman–Crippen LogP) is 6.00. The highest BCUT2D eigenvalue weighted by atomic mass is 16.3. The van der Waals surface area contributed by atoms with Gasteiger partial charge in [0.2, 0.25) is 0 Å². The Kier molecular flexibility index (Phi) is 6.13. The number of hydrogen-bond donors (Lipinski definition) is 2. The number of phenols is 2. The average molecular weight is 421 g/mol. The summed E-state index contributed by atoms with van der Waals surface area (Å²) >= 11 is 0. The van der Waals surface area contributed by atoms with E-state index in [1.807, 2.05) is 98.8 Å². The molecule has 32 heavy (non-hydrogen) atoms. The molecule has 0 aromatic heterocycles. The van der Waals surface area contributed by atoms with Crippen LogP contribution < -0.4 is 0 Å². The molecule has 0 atom stereocenters. The Morgan fingerprint density at radius 3 is 1.25 bits per heavy atom. The lowest BCUT2D eigenvalue weighted by atomic mass is 10.00. The van der Waals surface area contributed by atoms with E-state index in [-0.39, 0.29) is 11.5 Å². The number of rotatable bonds is 5. The molecule has 0 amide bonds. The zero-order valence-corrected chi connectivity index (χ0v) is 18.0. The standard InChI is InChI=1S/C28H24N2O2/c1-19-13-15-23(25(31)17-19)27(21-9-5-3-6-10-21)29-30-28(22-11-7-4-8-12-22)24-16-14-20(2)18-26(24)32/h3-18,31-32H,1-2H3/b29-27+,30-28+. The maximum Gasteiger partial charge on any atom is 0.125 e. The zero-order valence-electron chi connectivity index (χ0n) is 18.0. The third-order valence-electron chi connectivity index (χ3n) is 5.16. The molecule has 4 aromatic rings. The fraction of sp³-hybridized carbons (Fsp3) is 0.0714. The fourth-order valence-electron chi connectivity index (χ4n) is 3.51. The van der Waals surface area contributed by atoms with E-state index in [0.29, 0.717) is 22.6 Å². The van der Waals surface area contributed by atoms with Crippen molar-refractivity contribution in [1.82, 2.24) is 0 Å². The molecule has 0 fully saturated rings. The summed E-state index contributed by atoms with van der Waals surface area (Å²) in [6.45, 7) is 3.85. The van der Waals surface area contributed by atoms with Crippen LogP contribution in [0.5, 0.6) is 11.5 Å². The minimum atomic E-state index is 0.141. The van der Waals surface area contributed by atoms with E-state index < -0.39 is 0 Å². The van der Waals surface area contributed by atoms with Crippen LogP contribution in [0.2, 0.25) is 0 Å². The molecule has 0 unspecified atom stereocenters. The van der Waals surface area contributed by atoms with Gasteiger partial charge in [0, 0.05) is 22.3 Å². The summed E-state index contributed by atoms with van der Waals surface area (Å²) in [5.74, 6) is 0.282. The van der Waals surface area contributed by atoms with Crippen LogP contribution in [-0.2, 0) is 0 Å². The molecular weight excluding hydrogens is 396 g/mol. The van der Waals surface area contributed by atoms with Crippen molar-refractivity contribution in [2.45, 2.75) is 13.8 Å². The van der Waals surface area contributed by atoms with Gasteiger partial charge in [0.05, 0.1) is 0 Å². The second kappa shape index (κ2) is 9.31. The van der Waals surface area contributed by atoms with Crippen molar-refractivity contribution in [2.24, 2.45) is 10.2 Å². The molecule has 4 aromatic carbocycles. The molecule has 4 heteroatoms. The van der Waals surface area contributed by atoms with Gasteiger partial charge in [-0.25, -0.2) is 0 Å². The fourth-order valence-corrected chi connectivity index (χ4v) is 3.51. The summed E-state index contributed by atoms with van der Waals surface area (Å²) in [5, 5.41) is 30.5. The smallest absolute Gasteiger partial charge is 0.125 e. The molecule has 4 rings (SSSR count). The van der Waals surface area contributed by atoms with E-state index in [1.54, 1.807) is 12.1 Å². The SMILES string of the molecule is Cc1ccc(/C(=N/N=C(\c2ccccc2)c2ccc(C)cc2O)c2ccccc2)c(O)c1. The predicted molar refractivity (Wildman–Crippen MR) is 130 cm³/mol. The van der Waals surface area contributed by atoms with Gasteiger partial charge in [-0.3, -0.25) is 0 Å². The molecule has 0 bridgehead atoms. The van der Waals surface area contributed by atoms with Crippen LogP contribution >= 0.6 is 0 Å². The van der Waals surface area contributed by atoms with Crippen molar-refractivity contribution < 1.29 is 10.2 Å². The molecule has 0 spiro atoms. The van der Waals surface area contributed by atoms with Gasteiger partial charge < -0.3 is 10.2 Å². The lowest BCUT2D eigenvalue weighted by molar-refractivity contribution is 0.473. The molecule has 0 aliphatic carbocycles. The molecule has 158 valence electrons. The van der Waals surface area contributed by atoms with Crippen LogP contribution in [-0.4, -0.2) is 21.6 Å². The van der Waals surface area contributed by atoms with Crippen LogP contribution in [0.1, 0.15) is 33.4 Å². The summed E-state index contributed by atoms with van der Waals surface area (Å²) in [7, 11) is 0. The Bertz CT molecular complexity index is 1190. The lowest BCUT2D eigenvalue weighted by Crippen LogP contribution is -2.07. The number of nitrogens with zero attached hydrogens (tertiary/aromatic N) is 2. The molecule has 0 radical (unpaired) electrons. The average Bonchev–Trinajstić information content (AvgIpc) is 2.80. The zero-order chi connectivity index (χ0) is 22.5. The van der Waals surface area contributed by atoms with Crippen LogP contribution in [0.4, 0.5) is 0 Å². The monoisotopic (exact) mass is 420 g/mol. The number of phenolic OH excluding ortho intramolecular Hbond substituents is 2. The first-order valence-electron chi connectivity index (χ1n) is 10.4. The van der Waals surface area contributed by atoms with Gasteiger partial charge in [-0.15, -0.1) is 10.2 Å². The molecule has 0 saturated carbocycles. The van der Waals surface area contributed by atoms with Gasteiger partial charge in [0.15, 0.2) is 0 Å². The van der Waals surface area contributed by atoms with E-state index in [1.165, 1.54) is 0 Å². The van der Waals surface area contributed by atoms with Crippen molar-refractivity contribution >= 4 is 11.4 Å². The Balaban J connectivity index is 1.94. The van der Waals surface area contributed by atoms with Crippen molar-refractivity contribution in [2.75, 3.05) is 0 Å². The van der Waals surface area contributed by atoms with Crippen LogP contribution in [0.3, 0.4) is 0 Å². The van der Waals surface area contributed by atoms with Gasteiger partial charge in [-0.05, 0) is 49.2 Å². The summed E-state index contributed by atoms with van der Waals surface area (Å²) < 4.78 is 0. The second-order valence-electron chi connectivity index (χ2n) is 7.67. The van der Waals surface area contributed by atoms with Crippen molar-refractivity contribution in [1.29, 1.82) is 0 Å². The van der Waals surface area contributed by atoms with Crippen molar-refractivity contribution in [3.05, 3.63) is 130 Å². The number of benzene rings is 4. The third kappa shape index (κ3) is 4.60. The highest BCUT2D eigenvalue weighted by Gasteiger charge is 2.15. The second-order valence-corrected chi connectivity index (χ2v) is 7.67. The minimum absolute atomic E-state index is 0.141. The van der Waals surface area contributed by atoms with Gasteiger partial charge >= 0.3 is 0 Å². The first kappa shape index (κ1) is 21.1. The lowest BCUT2D eigenvalue weighted by Gasteiger charge is -2.11. The number of hydrogen-bond acceptors (Lipinski definition) is 4. The van der Waals surface area contributed by atoms with E-state index in [2.05, 4.69) is 10.2 Å². The molecular formula is C28H24N2O2. The Labute approximate surface area is 187 Å². The van der Waals surface area contributed by atoms with Gasteiger partial charge in [0.25, 0.3) is 0 Å². The molecule has 0 aliphatic heterocycles. The van der Waals surface area contributed by atoms with Crippen molar-refractivity contribution in [3.8, 4) is 11.5 Å². The number of aryl methyl sites for hydroxylation is 2. The van der Waals surface area contributed by atoms with Crippen molar-refractivity contribution in [3.63, 3.8) is 0 Å². The van der Waals surface area contributed by atoms with Crippen LogP contribution in [0.25, 0.3) is 0 Å². The van der Waals surface area contributed by atoms with E-state index in [0.717, 1.165) is 22.3 Å². The first-order valence-corrected chi connectivity index (χ1v) is 10.4. The topological polar surface area (TPSA) is 65.2 Å². The van der Waals surface area contributed by atoms with E-state index in [4.69, 9.17) is 0 Å². The van der Waals surface area contributed by atoms with Crippen LogP contribution in [0.15, 0.2) is 107 Å². The van der Waals surface area contributed by atoms with E-state index >= 15 is 0 Å². The molecule has 2 N–H and O–H groups in total. The summed E-state index contributed by atoms with van der Waals surface area (Å²) in [6, 6.07) is 30.2. The normalized spacial score (nSPS) is 12.1. The van der Waals surface area contributed by atoms with E-state index in [9.17, 15) is 10.2 Å². The molecule has 0 aliphatic rings. The maximum atomic E-state index is 10.6. The summed E-state index contributed by atoms with van der Waals surface area (Å²) in [6.07, 6.45) is 0. The minimum Gasteiger partial charge on any atom is -0.507 e. The third-order valence-corrected chi connectivity index (χ3v) is 5.16. The summed E-state index contributed by atoms with van der Waals surface area (Å²) in [5.41, 5.74) is 5.84. The van der Waals surface area contributed by atoms with Gasteiger partial charge in [-0.2, -0.15) is 0 Å². The van der Waals surface area contributed by atoms with Gasteiger partial charge in [0.1, 0.15) is 22.9 Å². The molecule has 4 nitrogen and oxygen atoms in total. The highest BCUT2D eigenvalue weighted by Crippen LogP contribution is 2.25. The van der Waals surface area contributed by atoms with Gasteiger partial charge in [-0.1, -0.05) is 72.8 Å². The Morgan fingerprint density at radius 2 is 0.906 bits per heavy atom. The largest absolute Gasteiger partial charge is 0.507 e. The van der Waals surface area contributed by atoms with Crippen LogP contribution in [0, 0.1) is 13.8 Å². The quantitative estimate of drug-likeness (QED) is 0.307.